The minimum absolute atomic E-state index is 0.0834. The van der Waals surface area contributed by atoms with Crippen molar-refractivity contribution in [2.45, 2.75) is 46.1 Å². The minimum Gasteiger partial charge on any atom is -0.346 e. The zero-order valence-electron chi connectivity index (χ0n) is 15.7. The molecule has 0 spiro atoms. The molecule has 24 heavy (non-hydrogen) atoms. The molecule has 0 aromatic carbocycles. The van der Waals surface area contributed by atoms with Crippen LogP contribution in [0.25, 0.3) is 0 Å². The van der Waals surface area contributed by atoms with Crippen molar-refractivity contribution in [3.05, 3.63) is 48.4 Å². The summed E-state index contributed by atoms with van der Waals surface area (Å²) in [6.45, 7) is 15.2. The highest BCUT2D eigenvalue weighted by atomic mass is 15.1. The third kappa shape index (κ3) is 5.60. The first-order valence-corrected chi connectivity index (χ1v) is 8.71. The molecule has 0 aromatic heterocycles. The highest BCUT2D eigenvalue weighted by Gasteiger charge is 2.25. The first-order chi connectivity index (χ1) is 11.5. The Bertz CT molecular complexity index is 578. The summed E-state index contributed by atoms with van der Waals surface area (Å²) in [6.07, 6.45) is 10.8. The van der Waals surface area contributed by atoms with E-state index < -0.39 is 0 Å². The SMILES string of the molecule is C=CC(C)CC(N)C[N+](=CC)C(CC(=C)CC)=C1C=CNC1=NC. The molecule has 1 aliphatic rings. The molecule has 1 rings (SSSR count). The van der Waals surface area contributed by atoms with Crippen LogP contribution in [0.1, 0.15) is 40.0 Å². The lowest BCUT2D eigenvalue weighted by atomic mass is 10.0. The van der Waals surface area contributed by atoms with Gasteiger partial charge in [-0.3, -0.25) is 4.99 Å². The van der Waals surface area contributed by atoms with Gasteiger partial charge >= 0.3 is 0 Å². The van der Waals surface area contributed by atoms with Crippen LogP contribution in [-0.4, -0.2) is 36.3 Å². The van der Waals surface area contributed by atoms with Crippen molar-refractivity contribution in [2.24, 2.45) is 16.6 Å². The van der Waals surface area contributed by atoms with Crippen LogP contribution in [0.2, 0.25) is 0 Å². The van der Waals surface area contributed by atoms with Crippen molar-refractivity contribution >= 4 is 12.1 Å². The van der Waals surface area contributed by atoms with Crippen LogP contribution in [0.15, 0.2) is 53.3 Å². The lowest BCUT2D eigenvalue weighted by Crippen LogP contribution is -2.34. The highest BCUT2D eigenvalue weighted by Crippen LogP contribution is 2.22. The fourth-order valence-corrected chi connectivity index (χ4v) is 2.76. The molecule has 2 unspecified atom stereocenters. The molecular weight excluding hydrogens is 296 g/mol. The van der Waals surface area contributed by atoms with Gasteiger partial charge in [-0.1, -0.05) is 32.1 Å². The Morgan fingerprint density at radius 1 is 1.50 bits per heavy atom. The Labute approximate surface area is 147 Å². The fourth-order valence-electron chi connectivity index (χ4n) is 2.76. The van der Waals surface area contributed by atoms with E-state index in [1.807, 2.05) is 19.2 Å². The Morgan fingerprint density at radius 2 is 2.21 bits per heavy atom. The summed E-state index contributed by atoms with van der Waals surface area (Å²) in [6, 6.07) is 0.0834. The molecule has 4 nitrogen and oxygen atoms in total. The second kappa shape index (κ2) is 10.0. The molecule has 2 atom stereocenters. The lowest BCUT2D eigenvalue weighted by Gasteiger charge is -2.16. The molecule has 0 radical (unpaired) electrons. The Hall–Kier alpha value is -1.94. The van der Waals surface area contributed by atoms with Crippen molar-refractivity contribution in [1.82, 2.24) is 5.32 Å². The Kier molecular flexibility index (Phi) is 8.41. The molecule has 1 heterocycles. The van der Waals surface area contributed by atoms with Crippen molar-refractivity contribution in [3.8, 4) is 0 Å². The van der Waals surface area contributed by atoms with Gasteiger partial charge in [0.2, 0.25) is 0 Å². The quantitative estimate of drug-likeness (QED) is 0.387. The molecule has 0 amide bonds. The number of rotatable bonds is 9. The normalized spacial score (nSPS) is 20.7. The van der Waals surface area contributed by atoms with E-state index in [0.29, 0.717) is 5.92 Å². The lowest BCUT2D eigenvalue weighted by molar-refractivity contribution is -0.478. The third-order valence-electron chi connectivity index (χ3n) is 4.34. The molecule has 132 valence electrons. The van der Waals surface area contributed by atoms with Gasteiger partial charge in [-0.25, -0.2) is 4.58 Å². The molecule has 0 fully saturated rings. The molecule has 0 aromatic rings. The van der Waals surface area contributed by atoms with Gasteiger partial charge < -0.3 is 11.1 Å². The van der Waals surface area contributed by atoms with Gasteiger partial charge in [-0.15, -0.1) is 6.58 Å². The van der Waals surface area contributed by atoms with Crippen molar-refractivity contribution in [1.29, 1.82) is 0 Å². The van der Waals surface area contributed by atoms with E-state index in [4.69, 9.17) is 5.73 Å². The number of nitrogens with two attached hydrogens (primary N) is 1. The summed E-state index contributed by atoms with van der Waals surface area (Å²) in [5.74, 6) is 1.31. The molecule has 0 saturated carbocycles. The van der Waals surface area contributed by atoms with Crippen molar-refractivity contribution < 1.29 is 4.58 Å². The second-order valence-corrected chi connectivity index (χ2v) is 6.31. The first-order valence-electron chi connectivity index (χ1n) is 8.71. The molecule has 4 heteroatoms. The van der Waals surface area contributed by atoms with Gasteiger partial charge in [-0.2, -0.15) is 0 Å². The average Bonchev–Trinajstić information content (AvgIpc) is 3.05. The number of allylic oxidation sites excluding steroid dienone is 2. The maximum Gasteiger partial charge on any atom is 0.196 e. The topological polar surface area (TPSA) is 53.4 Å². The maximum absolute atomic E-state index is 6.38. The number of nitrogens with one attached hydrogen (secondary N) is 1. The highest BCUT2D eigenvalue weighted by molar-refractivity contribution is 6.04. The molecule has 1 aliphatic heterocycles. The zero-order chi connectivity index (χ0) is 18.1. The summed E-state index contributed by atoms with van der Waals surface area (Å²) in [4.78, 5) is 4.35. The number of amidine groups is 1. The van der Waals surface area contributed by atoms with Crippen LogP contribution in [0.4, 0.5) is 0 Å². The first kappa shape index (κ1) is 20.1. The second-order valence-electron chi connectivity index (χ2n) is 6.31. The summed E-state index contributed by atoms with van der Waals surface area (Å²) < 4.78 is 2.25. The number of nitrogens with zero attached hydrogens (tertiary/aromatic N) is 2. The van der Waals surface area contributed by atoms with Crippen LogP contribution in [0.5, 0.6) is 0 Å². The van der Waals surface area contributed by atoms with E-state index in [2.05, 4.69) is 54.2 Å². The van der Waals surface area contributed by atoms with E-state index in [1.54, 1.807) is 7.05 Å². The maximum atomic E-state index is 6.38. The van der Waals surface area contributed by atoms with Crippen LogP contribution in [0.3, 0.4) is 0 Å². The van der Waals surface area contributed by atoms with Crippen LogP contribution in [-0.2, 0) is 0 Å². The van der Waals surface area contributed by atoms with Gasteiger partial charge in [-0.05, 0) is 24.8 Å². The summed E-state index contributed by atoms with van der Waals surface area (Å²) >= 11 is 0. The molecule has 0 saturated heterocycles. The van der Waals surface area contributed by atoms with Gasteiger partial charge in [0.25, 0.3) is 0 Å². The average molecular weight is 330 g/mol. The van der Waals surface area contributed by atoms with Crippen molar-refractivity contribution in [2.75, 3.05) is 13.6 Å². The smallest absolute Gasteiger partial charge is 0.196 e. The summed E-state index contributed by atoms with van der Waals surface area (Å²) in [5, 5.41) is 3.20. The third-order valence-corrected chi connectivity index (χ3v) is 4.34. The largest absolute Gasteiger partial charge is 0.346 e. The predicted octanol–water partition coefficient (Wildman–Crippen LogP) is 3.38. The molecule has 0 aliphatic carbocycles. The minimum atomic E-state index is 0.0834. The number of aliphatic imine (C=N–C) groups is 1. The number of hydrogen-bond acceptors (Lipinski definition) is 2. The van der Waals surface area contributed by atoms with Gasteiger partial charge in [0, 0.05) is 20.2 Å². The molecule has 3 N–H and O–H groups in total. The van der Waals surface area contributed by atoms with E-state index in [0.717, 1.165) is 37.2 Å². The zero-order valence-corrected chi connectivity index (χ0v) is 15.7. The molecular formula is C20H33N4+. The van der Waals surface area contributed by atoms with E-state index in [9.17, 15) is 0 Å². The predicted molar refractivity (Wildman–Crippen MR) is 106 cm³/mol. The monoisotopic (exact) mass is 329 g/mol. The summed E-state index contributed by atoms with van der Waals surface area (Å²) in [5.41, 5.74) is 9.90. The van der Waals surface area contributed by atoms with Crippen LogP contribution >= 0.6 is 0 Å². The van der Waals surface area contributed by atoms with Crippen molar-refractivity contribution in [3.63, 3.8) is 0 Å². The van der Waals surface area contributed by atoms with E-state index >= 15 is 0 Å². The number of hydrogen-bond donors (Lipinski definition) is 2. The van der Waals surface area contributed by atoms with E-state index in [1.165, 1.54) is 11.3 Å². The summed E-state index contributed by atoms with van der Waals surface area (Å²) in [7, 11) is 1.80. The van der Waals surface area contributed by atoms with Gasteiger partial charge in [0.1, 0.15) is 12.1 Å². The standard InChI is InChI=1S/C20H33N4/c1-7-15(4)12-17(21)14-24(9-3)19(13-16(5)8-2)18-10-11-23-20(18)22-6/h7,9-11,15,17H,1,5,8,12-14,21H2,2-4,6H3,(H,22,23)/q+1. The van der Waals surface area contributed by atoms with Gasteiger partial charge in [0.05, 0.1) is 18.0 Å². The van der Waals surface area contributed by atoms with Crippen LogP contribution < -0.4 is 11.1 Å². The fraction of sp³-hybridized carbons (Fsp3) is 0.500. The van der Waals surface area contributed by atoms with E-state index in [-0.39, 0.29) is 6.04 Å². The Morgan fingerprint density at radius 3 is 2.75 bits per heavy atom. The Balaban J connectivity index is 3.12. The van der Waals surface area contributed by atoms with Gasteiger partial charge in [0.15, 0.2) is 12.2 Å². The molecule has 0 bridgehead atoms. The van der Waals surface area contributed by atoms with Crippen LogP contribution in [0, 0.1) is 5.92 Å².